The lowest BCUT2D eigenvalue weighted by molar-refractivity contribution is -0.134. The normalized spacial score (nSPS) is 22.7. The van der Waals surface area contributed by atoms with Gasteiger partial charge in [-0.1, -0.05) is 19.9 Å². The van der Waals surface area contributed by atoms with Crippen LogP contribution in [0.25, 0.3) is 5.65 Å². The molecule has 1 amide bonds. The van der Waals surface area contributed by atoms with E-state index in [4.69, 9.17) is 0 Å². The zero-order valence-corrected chi connectivity index (χ0v) is 12.4. The molecular formula is C15H20N4O2. The summed E-state index contributed by atoms with van der Waals surface area (Å²) in [6.45, 7) is 5.87. The van der Waals surface area contributed by atoms with Gasteiger partial charge in [0.1, 0.15) is 6.54 Å². The lowest BCUT2D eigenvalue weighted by Gasteiger charge is -2.34. The molecule has 0 N–H and O–H groups in total. The van der Waals surface area contributed by atoms with Crippen LogP contribution < -0.4 is 5.69 Å². The summed E-state index contributed by atoms with van der Waals surface area (Å²) in [5.41, 5.74) is 0.299. The van der Waals surface area contributed by atoms with Crippen LogP contribution in [0.5, 0.6) is 0 Å². The van der Waals surface area contributed by atoms with Gasteiger partial charge in [-0.2, -0.15) is 0 Å². The Kier molecular flexibility index (Phi) is 3.53. The highest BCUT2D eigenvalue weighted by Crippen LogP contribution is 2.20. The van der Waals surface area contributed by atoms with Gasteiger partial charge in [0, 0.05) is 19.3 Å². The van der Waals surface area contributed by atoms with Gasteiger partial charge in [0.25, 0.3) is 0 Å². The molecule has 1 saturated heterocycles. The summed E-state index contributed by atoms with van der Waals surface area (Å²) in [7, 11) is 0. The molecule has 6 heteroatoms. The molecule has 1 aliphatic rings. The molecule has 112 valence electrons. The third kappa shape index (κ3) is 2.70. The smallest absolute Gasteiger partial charge is 0.341 e. The van der Waals surface area contributed by atoms with E-state index in [0.29, 0.717) is 17.5 Å². The molecule has 0 bridgehead atoms. The van der Waals surface area contributed by atoms with Crippen molar-refractivity contribution in [2.75, 3.05) is 13.1 Å². The van der Waals surface area contributed by atoms with Crippen LogP contribution in [-0.2, 0) is 11.3 Å². The Hall–Kier alpha value is -2.11. The molecule has 1 aliphatic heterocycles. The number of hydrogen-bond acceptors (Lipinski definition) is 3. The number of fused-ring (bicyclic) bond motifs is 1. The summed E-state index contributed by atoms with van der Waals surface area (Å²) >= 11 is 0. The largest absolute Gasteiger partial charge is 0.350 e. The van der Waals surface area contributed by atoms with Crippen molar-refractivity contribution in [2.45, 2.75) is 26.8 Å². The fourth-order valence-corrected chi connectivity index (χ4v) is 3.17. The average Bonchev–Trinajstić information content (AvgIpc) is 2.75. The fourth-order valence-electron chi connectivity index (χ4n) is 3.17. The molecule has 0 radical (unpaired) electrons. The Morgan fingerprint density at radius 1 is 1.29 bits per heavy atom. The molecule has 2 aromatic rings. The SMILES string of the molecule is C[C@@H]1C[C@@H](C)CN(C(=O)Cn2nc3ccccn3c2=O)C1. The first-order chi connectivity index (χ1) is 10.0. The van der Waals surface area contributed by atoms with Gasteiger partial charge in [-0.3, -0.25) is 9.20 Å². The van der Waals surface area contributed by atoms with Crippen molar-refractivity contribution in [1.29, 1.82) is 0 Å². The minimum absolute atomic E-state index is 0.0138. The first-order valence-electron chi connectivity index (χ1n) is 7.36. The summed E-state index contributed by atoms with van der Waals surface area (Å²) in [6, 6.07) is 5.35. The minimum Gasteiger partial charge on any atom is -0.341 e. The minimum atomic E-state index is -0.267. The number of carbonyl (C=O) groups excluding carboxylic acids is 1. The lowest BCUT2D eigenvalue weighted by Crippen LogP contribution is -2.45. The third-order valence-electron chi connectivity index (χ3n) is 4.00. The molecule has 0 spiro atoms. The lowest BCUT2D eigenvalue weighted by atomic mass is 9.92. The molecule has 6 nitrogen and oxygen atoms in total. The molecular weight excluding hydrogens is 268 g/mol. The van der Waals surface area contributed by atoms with Crippen molar-refractivity contribution < 1.29 is 4.79 Å². The van der Waals surface area contributed by atoms with Crippen molar-refractivity contribution in [2.24, 2.45) is 11.8 Å². The molecule has 3 rings (SSSR count). The highest BCUT2D eigenvalue weighted by molar-refractivity contribution is 5.76. The number of likely N-dealkylation sites (tertiary alicyclic amines) is 1. The molecule has 3 heterocycles. The molecule has 0 aliphatic carbocycles. The quantitative estimate of drug-likeness (QED) is 0.828. The summed E-state index contributed by atoms with van der Waals surface area (Å²) in [4.78, 5) is 26.4. The number of carbonyl (C=O) groups is 1. The Morgan fingerprint density at radius 3 is 2.67 bits per heavy atom. The van der Waals surface area contributed by atoms with Crippen molar-refractivity contribution in [3.05, 3.63) is 34.9 Å². The Bertz CT molecular complexity index is 708. The Balaban J connectivity index is 1.80. The van der Waals surface area contributed by atoms with Crippen LogP contribution in [0.3, 0.4) is 0 Å². The van der Waals surface area contributed by atoms with Gasteiger partial charge in [0.15, 0.2) is 5.65 Å². The first kappa shape index (κ1) is 13.9. The van der Waals surface area contributed by atoms with E-state index in [-0.39, 0.29) is 18.1 Å². The zero-order chi connectivity index (χ0) is 15.0. The third-order valence-corrected chi connectivity index (χ3v) is 4.00. The van der Waals surface area contributed by atoms with E-state index in [1.54, 1.807) is 18.3 Å². The second kappa shape index (κ2) is 5.35. The maximum Gasteiger partial charge on any atom is 0.350 e. The maximum atomic E-state index is 12.4. The van der Waals surface area contributed by atoms with Crippen LogP contribution in [0, 0.1) is 11.8 Å². The van der Waals surface area contributed by atoms with Crippen LogP contribution in [-0.4, -0.2) is 38.1 Å². The van der Waals surface area contributed by atoms with E-state index < -0.39 is 0 Å². The predicted molar refractivity (Wildman–Crippen MR) is 79.0 cm³/mol. The average molecular weight is 288 g/mol. The van der Waals surface area contributed by atoms with Crippen LogP contribution in [0.4, 0.5) is 0 Å². The Labute approximate surface area is 123 Å². The zero-order valence-electron chi connectivity index (χ0n) is 12.4. The van der Waals surface area contributed by atoms with Crippen molar-refractivity contribution in [3.63, 3.8) is 0 Å². The van der Waals surface area contributed by atoms with Crippen LogP contribution in [0.15, 0.2) is 29.2 Å². The number of rotatable bonds is 2. The summed E-state index contributed by atoms with van der Waals surface area (Å²) in [5, 5.41) is 4.20. The van der Waals surface area contributed by atoms with E-state index in [2.05, 4.69) is 18.9 Å². The van der Waals surface area contributed by atoms with Crippen molar-refractivity contribution in [3.8, 4) is 0 Å². The number of pyridine rings is 1. The van der Waals surface area contributed by atoms with Crippen molar-refractivity contribution in [1.82, 2.24) is 19.1 Å². The number of nitrogens with zero attached hydrogens (tertiary/aromatic N) is 4. The second-order valence-electron chi connectivity index (χ2n) is 6.11. The number of hydrogen-bond donors (Lipinski definition) is 0. The molecule has 0 saturated carbocycles. The van der Waals surface area contributed by atoms with Gasteiger partial charge in [0.05, 0.1) is 0 Å². The van der Waals surface area contributed by atoms with Gasteiger partial charge in [-0.25, -0.2) is 9.48 Å². The van der Waals surface area contributed by atoms with E-state index in [9.17, 15) is 9.59 Å². The predicted octanol–water partition coefficient (Wildman–Crippen LogP) is 1.00. The van der Waals surface area contributed by atoms with E-state index in [1.807, 2.05) is 11.0 Å². The van der Waals surface area contributed by atoms with E-state index in [0.717, 1.165) is 19.5 Å². The topological polar surface area (TPSA) is 59.6 Å². The number of amides is 1. The maximum absolute atomic E-state index is 12.4. The monoisotopic (exact) mass is 288 g/mol. The summed E-state index contributed by atoms with van der Waals surface area (Å²) in [5.74, 6) is 0.991. The number of piperidine rings is 1. The standard InChI is InChI=1S/C15H20N4O2/c1-11-7-12(2)9-17(8-11)14(20)10-19-15(21)18-6-4-3-5-13(18)16-19/h3-6,11-12H,7-10H2,1-2H3/t11-,12-/m1/s1. The van der Waals surface area contributed by atoms with E-state index in [1.165, 1.54) is 9.08 Å². The molecule has 2 atom stereocenters. The summed E-state index contributed by atoms with van der Waals surface area (Å²) < 4.78 is 2.70. The molecule has 0 unspecified atom stereocenters. The van der Waals surface area contributed by atoms with Crippen molar-refractivity contribution >= 4 is 11.6 Å². The van der Waals surface area contributed by atoms with Crippen LogP contribution in [0.2, 0.25) is 0 Å². The molecule has 21 heavy (non-hydrogen) atoms. The highest BCUT2D eigenvalue weighted by Gasteiger charge is 2.26. The van der Waals surface area contributed by atoms with Crippen LogP contribution >= 0.6 is 0 Å². The van der Waals surface area contributed by atoms with Gasteiger partial charge >= 0.3 is 5.69 Å². The fraction of sp³-hybridized carbons (Fsp3) is 0.533. The summed E-state index contributed by atoms with van der Waals surface area (Å²) in [6.07, 6.45) is 2.81. The Morgan fingerprint density at radius 2 is 2.00 bits per heavy atom. The van der Waals surface area contributed by atoms with E-state index >= 15 is 0 Å². The van der Waals surface area contributed by atoms with Gasteiger partial charge < -0.3 is 4.90 Å². The highest BCUT2D eigenvalue weighted by atomic mass is 16.2. The first-order valence-corrected chi connectivity index (χ1v) is 7.36. The van der Waals surface area contributed by atoms with Crippen LogP contribution in [0.1, 0.15) is 20.3 Å². The molecule has 0 aromatic carbocycles. The van der Waals surface area contributed by atoms with Gasteiger partial charge in [0.2, 0.25) is 5.91 Å². The molecule has 2 aromatic heterocycles. The van der Waals surface area contributed by atoms with Gasteiger partial charge in [-0.15, -0.1) is 5.10 Å². The second-order valence-corrected chi connectivity index (χ2v) is 6.11. The number of aromatic nitrogens is 3. The van der Waals surface area contributed by atoms with Gasteiger partial charge in [-0.05, 0) is 30.4 Å². The molecule has 1 fully saturated rings.